The van der Waals surface area contributed by atoms with Crippen molar-refractivity contribution in [3.05, 3.63) is 70.5 Å². The van der Waals surface area contributed by atoms with E-state index in [1.165, 1.54) is 16.7 Å². The average molecular weight is 467 g/mol. The van der Waals surface area contributed by atoms with Crippen molar-refractivity contribution in [1.82, 2.24) is 19.8 Å². The highest BCUT2D eigenvalue weighted by atomic mass is 19.1. The molecule has 0 saturated heterocycles. The lowest BCUT2D eigenvalue weighted by Crippen LogP contribution is -2.45. The van der Waals surface area contributed by atoms with Crippen LogP contribution >= 0.6 is 0 Å². The summed E-state index contributed by atoms with van der Waals surface area (Å²) in [7, 11) is 0. The number of rotatable bonds is 10. The van der Waals surface area contributed by atoms with Crippen LogP contribution < -0.4 is 10.9 Å². The van der Waals surface area contributed by atoms with Crippen molar-refractivity contribution in [2.45, 2.75) is 59.4 Å². The number of fused-ring (bicyclic) bond motifs is 1. The van der Waals surface area contributed by atoms with Crippen LogP contribution in [-0.2, 0) is 0 Å². The lowest BCUT2D eigenvalue weighted by molar-refractivity contribution is 0.163. The van der Waals surface area contributed by atoms with Crippen LogP contribution in [0.2, 0.25) is 0 Å². The van der Waals surface area contributed by atoms with E-state index in [2.05, 4.69) is 26.1 Å². The zero-order chi connectivity index (χ0) is 24.7. The largest absolute Gasteiger partial charge is 0.338 e. The van der Waals surface area contributed by atoms with Crippen LogP contribution in [0.1, 0.15) is 65.2 Å². The molecule has 0 aliphatic carbocycles. The maximum atomic E-state index is 13.7. The normalized spacial score (nSPS) is 12.2. The first kappa shape index (κ1) is 25.4. The summed E-state index contributed by atoms with van der Waals surface area (Å²) in [6, 6.07) is 12.4. The molecular formula is C27H35FN4O2. The predicted octanol–water partition coefficient (Wildman–Crippen LogP) is 5.83. The van der Waals surface area contributed by atoms with Crippen molar-refractivity contribution in [3.63, 3.8) is 0 Å². The standard InChI is InChI=1S/C27H35FN4O2/c1-5-7-17-29-27(34)31(18-16-19(3)4)24(6-2)25-30-23-11-9-8-10-22(23)26(33)32(25)21-14-12-20(28)13-15-21/h8-15,19,24H,5-7,16-18H2,1-4H3,(H,29,34). The fourth-order valence-electron chi connectivity index (χ4n) is 4.03. The van der Waals surface area contributed by atoms with Crippen LogP contribution in [0.4, 0.5) is 9.18 Å². The number of nitrogens with one attached hydrogen (secondary N) is 1. The average Bonchev–Trinajstić information content (AvgIpc) is 2.82. The fourth-order valence-corrected chi connectivity index (χ4v) is 4.03. The third-order valence-electron chi connectivity index (χ3n) is 5.96. The summed E-state index contributed by atoms with van der Waals surface area (Å²) < 4.78 is 15.2. The summed E-state index contributed by atoms with van der Waals surface area (Å²) in [4.78, 5) is 33.6. The van der Waals surface area contributed by atoms with E-state index >= 15 is 0 Å². The molecule has 1 atom stereocenters. The fraction of sp³-hybridized carbons (Fsp3) is 0.444. The van der Waals surface area contributed by atoms with Gasteiger partial charge in [0, 0.05) is 13.1 Å². The first-order chi connectivity index (χ1) is 16.4. The van der Waals surface area contributed by atoms with Gasteiger partial charge in [0.15, 0.2) is 0 Å². The Hall–Kier alpha value is -3.22. The number of hydrogen-bond donors (Lipinski definition) is 1. The molecule has 34 heavy (non-hydrogen) atoms. The molecule has 3 rings (SSSR count). The number of carbonyl (C=O) groups excluding carboxylic acids is 1. The molecule has 0 aliphatic heterocycles. The van der Waals surface area contributed by atoms with Gasteiger partial charge in [0.25, 0.3) is 5.56 Å². The number of urea groups is 1. The molecule has 0 fully saturated rings. The first-order valence-electron chi connectivity index (χ1n) is 12.2. The van der Waals surface area contributed by atoms with Gasteiger partial charge < -0.3 is 10.2 Å². The molecule has 1 unspecified atom stereocenters. The summed E-state index contributed by atoms with van der Waals surface area (Å²) in [5.41, 5.74) is 0.865. The van der Waals surface area contributed by atoms with E-state index in [1.54, 1.807) is 29.2 Å². The van der Waals surface area contributed by atoms with Gasteiger partial charge in [-0.15, -0.1) is 0 Å². The topological polar surface area (TPSA) is 67.2 Å². The van der Waals surface area contributed by atoms with Crippen molar-refractivity contribution in [2.75, 3.05) is 13.1 Å². The van der Waals surface area contributed by atoms with Crippen LogP contribution in [-0.4, -0.2) is 33.6 Å². The van der Waals surface area contributed by atoms with E-state index in [4.69, 9.17) is 4.98 Å². The summed E-state index contributed by atoms with van der Waals surface area (Å²) in [5.74, 6) is 0.507. The minimum Gasteiger partial charge on any atom is -0.338 e. The molecule has 0 saturated carbocycles. The lowest BCUT2D eigenvalue weighted by atomic mass is 10.1. The number of benzene rings is 2. The molecule has 7 heteroatoms. The molecule has 0 radical (unpaired) electrons. The van der Waals surface area contributed by atoms with Crippen molar-refractivity contribution in [2.24, 2.45) is 5.92 Å². The van der Waals surface area contributed by atoms with Gasteiger partial charge >= 0.3 is 6.03 Å². The molecular weight excluding hydrogens is 431 g/mol. The summed E-state index contributed by atoms with van der Waals surface area (Å²) >= 11 is 0. The van der Waals surface area contributed by atoms with Crippen LogP contribution in [0.25, 0.3) is 16.6 Å². The summed E-state index contributed by atoms with van der Waals surface area (Å²) in [6.07, 6.45) is 3.28. The third-order valence-corrected chi connectivity index (χ3v) is 5.96. The molecule has 3 aromatic rings. The molecule has 6 nitrogen and oxygen atoms in total. The molecule has 1 N–H and O–H groups in total. The monoisotopic (exact) mass is 466 g/mol. The van der Waals surface area contributed by atoms with Gasteiger partial charge in [0.05, 0.1) is 22.6 Å². The first-order valence-corrected chi connectivity index (χ1v) is 12.2. The number of aromatic nitrogens is 2. The van der Waals surface area contributed by atoms with E-state index < -0.39 is 6.04 Å². The van der Waals surface area contributed by atoms with Crippen molar-refractivity contribution in [3.8, 4) is 5.69 Å². The highest BCUT2D eigenvalue weighted by Crippen LogP contribution is 2.27. The molecule has 2 aromatic carbocycles. The Morgan fingerprint density at radius 2 is 1.82 bits per heavy atom. The van der Waals surface area contributed by atoms with Gasteiger partial charge in [-0.1, -0.05) is 46.2 Å². The SMILES string of the molecule is CCCCNC(=O)N(CCC(C)C)C(CC)c1nc2ccccc2c(=O)n1-c1ccc(F)cc1. The highest BCUT2D eigenvalue weighted by molar-refractivity contribution is 5.78. The Morgan fingerprint density at radius 1 is 1.12 bits per heavy atom. The second kappa shape index (κ2) is 11.8. The van der Waals surface area contributed by atoms with E-state index in [-0.39, 0.29) is 17.4 Å². The second-order valence-electron chi connectivity index (χ2n) is 8.99. The van der Waals surface area contributed by atoms with Crippen LogP contribution in [0.15, 0.2) is 53.3 Å². The predicted molar refractivity (Wildman–Crippen MR) is 135 cm³/mol. The maximum Gasteiger partial charge on any atom is 0.318 e. The highest BCUT2D eigenvalue weighted by Gasteiger charge is 2.29. The number of hydrogen-bond acceptors (Lipinski definition) is 3. The number of unbranched alkanes of at least 4 members (excludes halogenated alkanes) is 1. The Bertz CT molecular complexity index is 1160. The van der Waals surface area contributed by atoms with E-state index in [1.807, 2.05) is 19.1 Å². The number of nitrogens with zero attached hydrogens (tertiary/aromatic N) is 3. The molecule has 0 bridgehead atoms. The third kappa shape index (κ3) is 5.82. The van der Waals surface area contributed by atoms with E-state index in [0.717, 1.165) is 19.3 Å². The molecule has 182 valence electrons. The Kier molecular flexibility index (Phi) is 8.79. The van der Waals surface area contributed by atoms with Gasteiger partial charge in [-0.2, -0.15) is 0 Å². The van der Waals surface area contributed by atoms with Gasteiger partial charge in [0.1, 0.15) is 11.6 Å². The number of para-hydroxylation sites is 1. The second-order valence-corrected chi connectivity index (χ2v) is 8.99. The molecule has 0 aliphatic rings. The maximum absolute atomic E-state index is 13.7. The van der Waals surface area contributed by atoms with Crippen LogP contribution in [0, 0.1) is 11.7 Å². The van der Waals surface area contributed by atoms with Gasteiger partial charge in [-0.05, 0) is 61.6 Å². The Morgan fingerprint density at radius 3 is 2.47 bits per heavy atom. The summed E-state index contributed by atoms with van der Waals surface area (Å²) in [5, 5.41) is 3.51. The van der Waals surface area contributed by atoms with Gasteiger partial charge in [-0.25, -0.2) is 14.2 Å². The zero-order valence-corrected chi connectivity index (χ0v) is 20.6. The van der Waals surface area contributed by atoms with E-state index in [0.29, 0.717) is 47.8 Å². The number of carbonyl (C=O) groups is 1. The molecule has 0 spiro atoms. The molecule has 1 aromatic heterocycles. The van der Waals surface area contributed by atoms with Crippen molar-refractivity contribution < 1.29 is 9.18 Å². The van der Waals surface area contributed by atoms with E-state index in [9.17, 15) is 14.0 Å². The molecule has 1 heterocycles. The Labute approximate surface area is 200 Å². The Balaban J connectivity index is 2.18. The van der Waals surface area contributed by atoms with Crippen molar-refractivity contribution >= 4 is 16.9 Å². The summed E-state index contributed by atoms with van der Waals surface area (Å²) in [6.45, 7) is 9.45. The zero-order valence-electron chi connectivity index (χ0n) is 20.6. The smallest absolute Gasteiger partial charge is 0.318 e. The van der Waals surface area contributed by atoms with Gasteiger partial charge in [-0.3, -0.25) is 9.36 Å². The minimum atomic E-state index is -0.428. The lowest BCUT2D eigenvalue weighted by Gasteiger charge is -2.33. The van der Waals surface area contributed by atoms with Gasteiger partial charge in [0.2, 0.25) is 0 Å². The quantitative estimate of drug-likeness (QED) is 0.382. The molecule has 2 amide bonds. The van der Waals surface area contributed by atoms with Crippen LogP contribution in [0.3, 0.4) is 0 Å². The van der Waals surface area contributed by atoms with Crippen molar-refractivity contribution in [1.29, 1.82) is 0 Å². The number of halogens is 1. The number of amides is 2. The minimum absolute atomic E-state index is 0.158. The van der Waals surface area contributed by atoms with Crippen LogP contribution in [0.5, 0.6) is 0 Å².